The number of hydrogen-bond acceptors (Lipinski definition) is 14. The summed E-state index contributed by atoms with van der Waals surface area (Å²) in [7, 11) is 0. The molecule has 2 heterocycles. The van der Waals surface area contributed by atoms with Crippen molar-refractivity contribution in [2.24, 2.45) is 16.6 Å². The van der Waals surface area contributed by atoms with Crippen molar-refractivity contribution in [3.63, 3.8) is 0 Å². The molecule has 1 saturated heterocycles. The van der Waals surface area contributed by atoms with E-state index >= 15 is 0 Å². The van der Waals surface area contributed by atoms with Crippen molar-refractivity contribution < 1.29 is 38.1 Å². The lowest BCUT2D eigenvalue weighted by molar-refractivity contribution is -0.145. The molecular formula is C36H51N5O8S2. The van der Waals surface area contributed by atoms with Crippen LogP contribution in [0.25, 0.3) is 0 Å². The van der Waals surface area contributed by atoms with Crippen LogP contribution >= 0.6 is 25.3 Å². The van der Waals surface area contributed by atoms with Crippen molar-refractivity contribution in [1.82, 2.24) is 14.9 Å². The number of nitrogen functional groups attached to an aromatic ring is 1. The predicted molar refractivity (Wildman–Crippen MR) is 199 cm³/mol. The summed E-state index contributed by atoms with van der Waals surface area (Å²) in [5, 5.41) is 0. The van der Waals surface area contributed by atoms with E-state index in [2.05, 4.69) is 9.97 Å². The number of anilines is 1. The van der Waals surface area contributed by atoms with Crippen molar-refractivity contribution in [2.45, 2.75) is 104 Å². The third-order valence-electron chi connectivity index (χ3n) is 8.17. The SMILES string of the molecule is CC(=C(CCOC(=O)C(N)Cc1ccc(OC(=O)C(C)(C)C)c(OC(=O)C(C)(C)C)c1)C(S)(S)C1CCCO1)N(C=O)Cc1cnc(C)nc1N. The minimum atomic E-state index is -1.11. The van der Waals surface area contributed by atoms with Crippen molar-refractivity contribution >= 4 is 55.4 Å². The molecule has 13 nitrogen and oxygen atoms in total. The van der Waals surface area contributed by atoms with Gasteiger partial charge < -0.3 is 35.3 Å². The van der Waals surface area contributed by atoms with Crippen molar-refractivity contribution in [1.29, 1.82) is 0 Å². The largest absolute Gasteiger partial charge is 0.464 e. The third kappa shape index (κ3) is 11.4. The van der Waals surface area contributed by atoms with E-state index in [1.807, 2.05) is 0 Å². The second-order valence-corrected chi connectivity index (χ2v) is 16.4. The number of aryl methyl sites for hydroxylation is 1. The van der Waals surface area contributed by atoms with Gasteiger partial charge in [0.1, 0.15) is 21.8 Å². The average molecular weight is 746 g/mol. The molecule has 1 fully saturated rings. The fourth-order valence-electron chi connectivity index (χ4n) is 4.99. The Morgan fingerprint density at radius 1 is 1.08 bits per heavy atom. The van der Waals surface area contributed by atoms with Crippen LogP contribution in [0.3, 0.4) is 0 Å². The highest BCUT2D eigenvalue weighted by atomic mass is 32.2. The lowest BCUT2D eigenvalue weighted by atomic mass is 9.97. The normalized spacial score (nSPS) is 16.2. The molecule has 2 atom stereocenters. The Morgan fingerprint density at radius 2 is 1.71 bits per heavy atom. The van der Waals surface area contributed by atoms with Gasteiger partial charge in [0.15, 0.2) is 11.5 Å². The molecule has 0 bridgehead atoms. The highest BCUT2D eigenvalue weighted by Gasteiger charge is 2.40. The Labute approximate surface area is 311 Å². The van der Waals surface area contributed by atoms with E-state index in [1.165, 1.54) is 17.0 Å². The van der Waals surface area contributed by atoms with Gasteiger partial charge in [0.25, 0.3) is 0 Å². The fraction of sp³-hybridized carbons (Fsp3) is 0.556. The molecule has 0 saturated carbocycles. The zero-order valence-corrected chi connectivity index (χ0v) is 32.4. The number of amides is 1. The smallest absolute Gasteiger partial charge is 0.323 e. The van der Waals surface area contributed by atoms with Crippen LogP contribution in [0.1, 0.15) is 84.7 Å². The molecular weight excluding hydrogens is 695 g/mol. The zero-order chi connectivity index (χ0) is 38.3. The molecule has 280 valence electrons. The third-order valence-corrected chi connectivity index (χ3v) is 9.29. The van der Waals surface area contributed by atoms with E-state index < -0.39 is 38.9 Å². The van der Waals surface area contributed by atoms with Crippen molar-refractivity contribution in [3.8, 4) is 11.5 Å². The van der Waals surface area contributed by atoms with Crippen LogP contribution in [0.15, 0.2) is 35.7 Å². The first-order chi connectivity index (χ1) is 23.6. The Kier molecular flexibility index (Phi) is 14.1. The topological polar surface area (TPSA) is 186 Å². The summed E-state index contributed by atoms with van der Waals surface area (Å²) in [5.74, 6) is -0.863. The number of aromatic nitrogens is 2. The maximum Gasteiger partial charge on any atom is 0.323 e. The number of benzene rings is 1. The Morgan fingerprint density at radius 3 is 2.25 bits per heavy atom. The van der Waals surface area contributed by atoms with Gasteiger partial charge in [-0.1, -0.05) is 6.07 Å². The van der Waals surface area contributed by atoms with Gasteiger partial charge in [-0.25, -0.2) is 9.97 Å². The maximum absolute atomic E-state index is 13.1. The molecule has 1 aliphatic heterocycles. The number of esters is 3. The number of ether oxygens (including phenoxy) is 4. The standard InChI is InChI=1S/C36H51N5O8S2/c1-21(41(20-42)19-24-18-39-22(2)40-30(24)38)25(36(50,51)29-10-9-14-46-29)13-15-47-31(43)26(37)16-23-11-12-27(48-32(44)34(3,4)5)28(17-23)49-33(45)35(6,7)8/h11-12,17-18,20,26,29,50-51H,9-10,13-16,19,37H2,1-8H3,(H2,38,39,40). The van der Waals surface area contributed by atoms with E-state index in [9.17, 15) is 19.2 Å². The van der Waals surface area contributed by atoms with Crippen molar-refractivity contribution in [3.05, 3.63) is 52.6 Å². The van der Waals surface area contributed by atoms with Gasteiger partial charge in [-0.3, -0.25) is 19.2 Å². The summed E-state index contributed by atoms with van der Waals surface area (Å²) in [6, 6.07) is 3.57. The van der Waals surface area contributed by atoms with Crippen LogP contribution in [-0.2, 0) is 41.6 Å². The summed E-state index contributed by atoms with van der Waals surface area (Å²) in [6.45, 7) is 14.3. The summed E-state index contributed by atoms with van der Waals surface area (Å²) >= 11 is 9.79. The van der Waals surface area contributed by atoms with Crippen LogP contribution in [0.4, 0.5) is 5.82 Å². The molecule has 0 radical (unpaired) electrons. The second-order valence-electron chi connectivity index (χ2n) is 14.6. The first-order valence-electron chi connectivity index (χ1n) is 16.7. The number of nitrogens with zero attached hydrogens (tertiary/aromatic N) is 3. The Hall–Kier alpha value is -3.66. The molecule has 1 aromatic carbocycles. The molecule has 0 aliphatic carbocycles. The van der Waals surface area contributed by atoms with Gasteiger partial charge in [-0.15, -0.1) is 0 Å². The molecule has 1 aromatic heterocycles. The number of rotatable bonds is 14. The highest BCUT2D eigenvalue weighted by molar-refractivity contribution is 8.01. The van der Waals surface area contributed by atoms with Crippen LogP contribution in [-0.4, -0.2) is 68.6 Å². The Bertz CT molecular complexity index is 1630. The van der Waals surface area contributed by atoms with Gasteiger partial charge in [-0.2, -0.15) is 25.3 Å². The number of allylic oxidation sites excluding steroid dienone is 1. The van der Waals surface area contributed by atoms with E-state index in [4.69, 9.17) is 55.7 Å². The summed E-state index contributed by atoms with van der Waals surface area (Å²) in [6.07, 6.45) is 3.62. The van der Waals surface area contributed by atoms with Gasteiger partial charge >= 0.3 is 17.9 Å². The summed E-state index contributed by atoms with van der Waals surface area (Å²) in [5.41, 5.74) is 13.0. The second kappa shape index (κ2) is 17.2. The molecule has 15 heteroatoms. The summed E-state index contributed by atoms with van der Waals surface area (Å²) in [4.78, 5) is 60.7. The lowest BCUT2D eigenvalue weighted by Crippen LogP contribution is -2.37. The van der Waals surface area contributed by atoms with Gasteiger partial charge in [-0.05, 0) is 97.9 Å². The van der Waals surface area contributed by atoms with Gasteiger partial charge in [0.05, 0.1) is 30.1 Å². The number of carbonyl (C=O) groups is 4. The molecule has 2 aromatic rings. The predicted octanol–water partition coefficient (Wildman–Crippen LogP) is 4.74. The van der Waals surface area contributed by atoms with Crippen LogP contribution in [0.2, 0.25) is 0 Å². The van der Waals surface area contributed by atoms with E-state index in [1.54, 1.807) is 67.7 Å². The molecule has 51 heavy (non-hydrogen) atoms. The zero-order valence-electron chi connectivity index (χ0n) is 30.6. The minimum absolute atomic E-state index is 0.0302. The maximum atomic E-state index is 13.1. The quantitative estimate of drug-likeness (QED) is 0.0686. The van der Waals surface area contributed by atoms with Crippen molar-refractivity contribution in [2.75, 3.05) is 18.9 Å². The van der Waals surface area contributed by atoms with Crippen LogP contribution in [0.5, 0.6) is 11.5 Å². The fourth-order valence-corrected chi connectivity index (χ4v) is 5.95. The summed E-state index contributed by atoms with van der Waals surface area (Å²) < 4.78 is 21.6. The molecule has 2 unspecified atom stereocenters. The van der Waals surface area contributed by atoms with Crippen LogP contribution in [0, 0.1) is 17.8 Å². The Balaban J connectivity index is 1.79. The highest BCUT2D eigenvalue weighted by Crippen LogP contribution is 2.42. The molecule has 4 N–H and O–H groups in total. The van der Waals surface area contributed by atoms with Gasteiger partial charge in [0.2, 0.25) is 6.41 Å². The lowest BCUT2D eigenvalue weighted by Gasteiger charge is -2.35. The van der Waals surface area contributed by atoms with Gasteiger partial charge in [0, 0.05) is 30.5 Å². The molecule has 1 aliphatic rings. The first-order valence-corrected chi connectivity index (χ1v) is 17.6. The van der Waals surface area contributed by atoms with E-state index in [0.29, 0.717) is 47.7 Å². The first kappa shape index (κ1) is 41.8. The molecule has 3 rings (SSSR count). The number of thiol groups is 2. The number of nitrogens with two attached hydrogens (primary N) is 2. The molecule has 0 spiro atoms. The monoisotopic (exact) mass is 745 g/mol. The number of carbonyl (C=O) groups excluding carboxylic acids is 4. The van der Waals surface area contributed by atoms with Crippen LogP contribution < -0.4 is 20.9 Å². The molecule has 1 amide bonds. The van der Waals surface area contributed by atoms with E-state index in [0.717, 1.165) is 6.42 Å². The number of hydrogen-bond donors (Lipinski definition) is 4. The minimum Gasteiger partial charge on any atom is -0.464 e. The van der Waals surface area contributed by atoms with E-state index in [-0.39, 0.29) is 49.4 Å². The average Bonchev–Trinajstić information content (AvgIpc) is 3.59.